The SMILES string of the molecule is COC(=O)CC(O)CN(C)CCc1ccccc1F. The number of methoxy groups -OCH3 is 1. The lowest BCUT2D eigenvalue weighted by Gasteiger charge is -2.20. The van der Waals surface area contributed by atoms with Gasteiger partial charge in [-0.15, -0.1) is 0 Å². The van der Waals surface area contributed by atoms with E-state index in [1.807, 2.05) is 11.9 Å². The molecule has 0 fully saturated rings. The molecule has 1 atom stereocenters. The van der Waals surface area contributed by atoms with E-state index in [9.17, 15) is 14.3 Å². The van der Waals surface area contributed by atoms with Crippen LogP contribution in [0, 0.1) is 5.82 Å². The van der Waals surface area contributed by atoms with Crippen molar-refractivity contribution in [3.63, 3.8) is 0 Å². The molecule has 4 nitrogen and oxygen atoms in total. The Morgan fingerprint density at radius 3 is 2.79 bits per heavy atom. The van der Waals surface area contributed by atoms with Crippen LogP contribution in [0.2, 0.25) is 0 Å². The normalized spacial score (nSPS) is 12.5. The van der Waals surface area contributed by atoms with E-state index >= 15 is 0 Å². The van der Waals surface area contributed by atoms with Crippen LogP contribution >= 0.6 is 0 Å². The average Bonchev–Trinajstić information content (AvgIpc) is 2.37. The Kier molecular flexibility index (Phi) is 6.45. The molecule has 5 heteroatoms. The number of ether oxygens (including phenoxy) is 1. The van der Waals surface area contributed by atoms with Crippen LogP contribution in [0.4, 0.5) is 4.39 Å². The summed E-state index contributed by atoms with van der Waals surface area (Å²) in [5.41, 5.74) is 0.650. The summed E-state index contributed by atoms with van der Waals surface area (Å²) in [6.45, 7) is 0.961. The van der Waals surface area contributed by atoms with Crippen molar-refractivity contribution in [2.75, 3.05) is 27.2 Å². The topological polar surface area (TPSA) is 49.8 Å². The predicted molar refractivity (Wildman–Crippen MR) is 70.2 cm³/mol. The first-order chi connectivity index (χ1) is 9.02. The van der Waals surface area contributed by atoms with Crippen LogP contribution < -0.4 is 0 Å². The maximum atomic E-state index is 13.4. The zero-order chi connectivity index (χ0) is 14.3. The van der Waals surface area contributed by atoms with Gasteiger partial charge in [0.25, 0.3) is 0 Å². The van der Waals surface area contributed by atoms with Crippen LogP contribution in [0.3, 0.4) is 0 Å². The van der Waals surface area contributed by atoms with E-state index in [4.69, 9.17) is 0 Å². The van der Waals surface area contributed by atoms with E-state index in [0.29, 0.717) is 25.1 Å². The molecule has 0 aliphatic rings. The van der Waals surface area contributed by atoms with E-state index in [0.717, 1.165) is 0 Å². The highest BCUT2D eigenvalue weighted by molar-refractivity contribution is 5.69. The Balaban J connectivity index is 2.33. The molecule has 19 heavy (non-hydrogen) atoms. The number of rotatable bonds is 7. The zero-order valence-electron chi connectivity index (χ0n) is 11.3. The van der Waals surface area contributed by atoms with E-state index in [1.54, 1.807) is 18.2 Å². The molecule has 0 heterocycles. The standard InChI is InChI=1S/C14H20FNO3/c1-16(10-12(17)9-14(18)19-2)8-7-11-5-3-4-6-13(11)15/h3-6,12,17H,7-10H2,1-2H3. The van der Waals surface area contributed by atoms with Crippen molar-refractivity contribution >= 4 is 5.97 Å². The third kappa shape index (κ3) is 5.81. The average molecular weight is 269 g/mol. The van der Waals surface area contributed by atoms with Gasteiger partial charge in [0.05, 0.1) is 19.6 Å². The van der Waals surface area contributed by atoms with E-state index < -0.39 is 12.1 Å². The van der Waals surface area contributed by atoms with Gasteiger partial charge in [0.15, 0.2) is 0 Å². The van der Waals surface area contributed by atoms with Gasteiger partial charge in [0, 0.05) is 13.1 Å². The zero-order valence-corrected chi connectivity index (χ0v) is 11.3. The Labute approximate surface area is 112 Å². The second-order valence-electron chi connectivity index (χ2n) is 4.54. The molecule has 0 aliphatic heterocycles. The molecular formula is C14H20FNO3. The summed E-state index contributed by atoms with van der Waals surface area (Å²) in [4.78, 5) is 12.8. The molecule has 0 aliphatic carbocycles. The van der Waals surface area contributed by atoms with Gasteiger partial charge in [0.2, 0.25) is 0 Å². The van der Waals surface area contributed by atoms with Crippen LogP contribution in [-0.2, 0) is 16.0 Å². The first kappa shape index (κ1) is 15.6. The van der Waals surface area contributed by atoms with Crippen molar-refractivity contribution < 1.29 is 19.0 Å². The van der Waals surface area contributed by atoms with Gasteiger partial charge in [-0.05, 0) is 25.1 Å². The lowest BCUT2D eigenvalue weighted by atomic mass is 10.1. The minimum absolute atomic E-state index is 0.0272. The van der Waals surface area contributed by atoms with Crippen LogP contribution in [0.15, 0.2) is 24.3 Å². The van der Waals surface area contributed by atoms with Crippen molar-refractivity contribution in [3.8, 4) is 0 Å². The Bertz CT molecular complexity index is 411. The van der Waals surface area contributed by atoms with E-state index in [-0.39, 0.29) is 12.2 Å². The lowest BCUT2D eigenvalue weighted by Crippen LogP contribution is -2.32. The predicted octanol–water partition coefficient (Wildman–Crippen LogP) is 1.22. The molecule has 1 aromatic rings. The molecule has 1 unspecified atom stereocenters. The molecule has 0 bridgehead atoms. The molecule has 0 saturated heterocycles. The molecule has 0 spiro atoms. The van der Waals surface area contributed by atoms with Crippen molar-refractivity contribution in [1.29, 1.82) is 0 Å². The molecule has 0 saturated carbocycles. The highest BCUT2D eigenvalue weighted by Crippen LogP contribution is 2.07. The molecular weight excluding hydrogens is 249 g/mol. The molecule has 1 N–H and O–H groups in total. The van der Waals surface area contributed by atoms with Crippen molar-refractivity contribution in [3.05, 3.63) is 35.6 Å². The molecule has 1 aromatic carbocycles. The van der Waals surface area contributed by atoms with Gasteiger partial charge in [-0.1, -0.05) is 18.2 Å². The number of esters is 1. The first-order valence-corrected chi connectivity index (χ1v) is 6.19. The molecule has 106 valence electrons. The molecule has 0 amide bonds. The number of aliphatic hydroxyl groups is 1. The number of carbonyl (C=O) groups is 1. The van der Waals surface area contributed by atoms with Crippen LogP contribution in [-0.4, -0.2) is 49.3 Å². The Hall–Kier alpha value is -1.46. The smallest absolute Gasteiger partial charge is 0.308 e. The lowest BCUT2D eigenvalue weighted by molar-refractivity contribution is -0.143. The maximum Gasteiger partial charge on any atom is 0.308 e. The second-order valence-corrected chi connectivity index (χ2v) is 4.54. The van der Waals surface area contributed by atoms with Gasteiger partial charge in [-0.3, -0.25) is 4.79 Å². The highest BCUT2D eigenvalue weighted by atomic mass is 19.1. The summed E-state index contributed by atoms with van der Waals surface area (Å²) in [6, 6.07) is 6.63. The van der Waals surface area contributed by atoms with E-state index in [1.165, 1.54) is 13.2 Å². The number of nitrogens with zero attached hydrogens (tertiary/aromatic N) is 1. The summed E-state index contributed by atoms with van der Waals surface area (Å²) in [6.07, 6.45) is -0.229. The third-order valence-corrected chi connectivity index (χ3v) is 2.87. The number of benzene rings is 1. The quantitative estimate of drug-likeness (QED) is 0.756. The molecule has 1 rings (SSSR count). The molecule has 0 radical (unpaired) electrons. The monoisotopic (exact) mass is 269 g/mol. The van der Waals surface area contributed by atoms with Crippen LogP contribution in [0.25, 0.3) is 0 Å². The summed E-state index contributed by atoms with van der Waals surface area (Å²) in [5, 5.41) is 9.66. The van der Waals surface area contributed by atoms with Gasteiger partial charge in [-0.25, -0.2) is 4.39 Å². The number of hydrogen-bond acceptors (Lipinski definition) is 4. The van der Waals surface area contributed by atoms with Crippen LogP contribution in [0.5, 0.6) is 0 Å². The van der Waals surface area contributed by atoms with Gasteiger partial charge in [0.1, 0.15) is 5.82 Å². The Morgan fingerprint density at radius 1 is 1.47 bits per heavy atom. The number of carbonyl (C=O) groups excluding carboxylic acids is 1. The first-order valence-electron chi connectivity index (χ1n) is 6.19. The summed E-state index contributed by atoms with van der Waals surface area (Å²) in [7, 11) is 3.11. The third-order valence-electron chi connectivity index (χ3n) is 2.87. The van der Waals surface area contributed by atoms with E-state index in [2.05, 4.69) is 4.74 Å². The largest absolute Gasteiger partial charge is 0.469 e. The van der Waals surface area contributed by atoms with Crippen molar-refractivity contribution in [2.24, 2.45) is 0 Å². The summed E-state index contributed by atoms with van der Waals surface area (Å²) >= 11 is 0. The van der Waals surface area contributed by atoms with Gasteiger partial charge in [-0.2, -0.15) is 0 Å². The number of likely N-dealkylation sites (N-methyl/N-ethyl adjacent to an activating group) is 1. The number of hydrogen-bond donors (Lipinski definition) is 1. The highest BCUT2D eigenvalue weighted by Gasteiger charge is 2.13. The number of halogens is 1. The second kappa shape index (κ2) is 7.86. The fourth-order valence-corrected chi connectivity index (χ4v) is 1.80. The fourth-order valence-electron chi connectivity index (χ4n) is 1.80. The Morgan fingerprint density at radius 2 is 2.16 bits per heavy atom. The number of aliphatic hydroxyl groups excluding tert-OH is 1. The van der Waals surface area contributed by atoms with Crippen molar-refractivity contribution in [2.45, 2.75) is 18.9 Å². The van der Waals surface area contributed by atoms with Gasteiger partial charge >= 0.3 is 5.97 Å². The minimum atomic E-state index is -0.766. The summed E-state index contributed by atoms with van der Waals surface area (Å²) < 4.78 is 17.9. The maximum absolute atomic E-state index is 13.4. The van der Waals surface area contributed by atoms with Crippen molar-refractivity contribution in [1.82, 2.24) is 4.90 Å². The molecule has 0 aromatic heterocycles. The van der Waals surface area contributed by atoms with Crippen LogP contribution in [0.1, 0.15) is 12.0 Å². The minimum Gasteiger partial charge on any atom is -0.469 e. The fraction of sp³-hybridized carbons (Fsp3) is 0.500. The van der Waals surface area contributed by atoms with Gasteiger partial charge < -0.3 is 14.7 Å². The summed E-state index contributed by atoms with van der Waals surface area (Å²) in [5.74, 6) is -0.652.